The number of carbonyl (C=O) groups excluding carboxylic acids is 1. The van der Waals surface area contributed by atoms with Gasteiger partial charge in [0.05, 0.1) is 0 Å². The first-order valence-electron chi connectivity index (χ1n) is 5.84. The lowest BCUT2D eigenvalue weighted by molar-refractivity contribution is -0.120. The molecule has 1 aromatic rings. The third-order valence-electron chi connectivity index (χ3n) is 2.44. The van der Waals surface area contributed by atoms with Crippen molar-refractivity contribution in [2.75, 3.05) is 19.3 Å². The van der Waals surface area contributed by atoms with Crippen LogP contribution in [0.3, 0.4) is 0 Å². The summed E-state index contributed by atoms with van der Waals surface area (Å²) in [6, 6.07) is 10.5. The number of carbonyl (C=O) groups is 1. The fourth-order valence-corrected chi connectivity index (χ4v) is 2.11. The summed E-state index contributed by atoms with van der Waals surface area (Å²) in [7, 11) is 1.89. The molecule has 0 heterocycles. The molecule has 17 heavy (non-hydrogen) atoms. The van der Waals surface area contributed by atoms with Gasteiger partial charge in [0.15, 0.2) is 0 Å². The van der Waals surface area contributed by atoms with Crippen LogP contribution in [0.2, 0.25) is 0 Å². The molecule has 1 amide bonds. The molecule has 4 heteroatoms. The monoisotopic (exact) mass is 252 g/mol. The van der Waals surface area contributed by atoms with E-state index in [1.54, 1.807) is 11.8 Å². The molecular weight excluding hydrogens is 232 g/mol. The zero-order valence-corrected chi connectivity index (χ0v) is 11.2. The Balaban J connectivity index is 2.12. The van der Waals surface area contributed by atoms with E-state index in [0.717, 1.165) is 5.75 Å². The molecular formula is C13H20N2OS. The molecule has 2 N–H and O–H groups in total. The molecule has 3 nitrogen and oxygen atoms in total. The molecule has 0 radical (unpaired) electrons. The fraction of sp³-hybridized carbons (Fsp3) is 0.462. The molecule has 0 bridgehead atoms. The lowest BCUT2D eigenvalue weighted by atomic mass is 10.3. The van der Waals surface area contributed by atoms with Crippen LogP contribution in [0.1, 0.15) is 13.3 Å². The predicted octanol–water partition coefficient (Wildman–Crippen LogP) is 1.89. The number of thioether (sulfide) groups is 1. The van der Waals surface area contributed by atoms with Crippen LogP contribution in [-0.4, -0.2) is 31.3 Å². The number of rotatable bonds is 7. The van der Waals surface area contributed by atoms with Gasteiger partial charge in [-0.25, -0.2) is 0 Å². The van der Waals surface area contributed by atoms with Crippen LogP contribution in [-0.2, 0) is 4.79 Å². The second-order valence-corrected chi connectivity index (χ2v) is 5.07. The maximum absolute atomic E-state index is 11.5. The molecule has 1 aromatic carbocycles. The normalized spacial score (nSPS) is 12.1. The third kappa shape index (κ3) is 6.34. The van der Waals surface area contributed by atoms with Crippen molar-refractivity contribution in [1.29, 1.82) is 0 Å². The summed E-state index contributed by atoms with van der Waals surface area (Å²) >= 11 is 1.71. The Labute approximate surface area is 107 Å². The van der Waals surface area contributed by atoms with Crippen molar-refractivity contribution in [3.63, 3.8) is 0 Å². The smallest absolute Gasteiger partial charge is 0.220 e. The molecule has 0 aliphatic rings. The van der Waals surface area contributed by atoms with Crippen LogP contribution in [0.25, 0.3) is 0 Å². The highest BCUT2D eigenvalue weighted by Gasteiger charge is 2.03. The zero-order chi connectivity index (χ0) is 12.5. The van der Waals surface area contributed by atoms with Gasteiger partial charge in [-0.1, -0.05) is 18.2 Å². The van der Waals surface area contributed by atoms with Crippen LogP contribution in [0, 0.1) is 0 Å². The summed E-state index contributed by atoms with van der Waals surface area (Å²) in [5, 5.41) is 5.99. The number of hydrogen-bond acceptors (Lipinski definition) is 3. The molecule has 0 saturated heterocycles. The van der Waals surface area contributed by atoms with Gasteiger partial charge in [0.1, 0.15) is 0 Å². The van der Waals surface area contributed by atoms with Gasteiger partial charge < -0.3 is 10.6 Å². The minimum Gasteiger partial charge on any atom is -0.355 e. The molecule has 0 aliphatic carbocycles. The highest BCUT2D eigenvalue weighted by molar-refractivity contribution is 7.99. The molecule has 0 aromatic heterocycles. The number of amides is 1. The lowest BCUT2D eigenvalue weighted by Crippen LogP contribution is -2.37. The SMILES string of the molecule is CNC(C)CNC(=O)CCSc1ccccc1. The van der Waals surface area contributed by atoms with E-state index in [2.05, 4.69) is 22.8 Å². The first kappa shape index (κ1) is 14.1. The second-order valence-electron chi connectivity index (χ2n) is 3.91. The Morgan fingerprint density at radius 1 is 1.35 bits per heavy atom. The van der Waals surface area contributed by atoms with Crippen molar-refractivity contribution in [1.82, 2.24) is 10.6 Å². The van der Waals surface area contributed by atoms with Gasteiger partial charge in [-0.15, -0.1) is 11.8 Å². The standard InChI is InChI=1S/C13H20N2OS/c1-11(14-2)10-15-13(16)8-9-17-12-6-4-3-5-7-12/h3-7,11,14H,8-10H2,1-2H3,(H,15,16). The Morgan fingerprint density at radius 2 is 2.06 bits per heavy atom. The van der Waals surface area contributed by atoms with Gasteiger partial charge in [-0.2, -0.15) is 0 Å². The van der Waals surface area contributed by atoms with Crippen molar-refractivity contribution < 1.29 is 4.79 Å². The Bertz CT molecular complexity index is 329. The van der Waals surface area contributed by atoms with Crippen LogP contribution >= 0.6 is 11.8 Å². The van der Waals surface area contributed by atoms with Crippen molar-refractivity contribution in [3.05, 3.63) is 30.3 Å². The van der Waals surface area contributed by atoms with Crippen molar-refractivity contribution in [2.24, 2.45) is 0 Å². The van der Waals surface area contributed by atoms with E-state index in [0.29, 0.717) is 19.0 Å². The first-order valence-corrected chi connectivity index (χ1v) is 6.82. The highest BCUT2D eigenvalue weighted by atomic mass is 32.2. The number of hydrogen-bond donors (Lipinski definition) is 2. The van der Waals surface area contributed by atoms with Gasteiger partial charge in [0.25, 0.3) is 0 Å². The van der Waals surface area contributed by atoms with E-state index in [1.165, 1.54) is 4.90 Å². The maximum atomic E-state index is 11.5. The van der Waals surface area contributed by atoms with Gasteiger partial charge in [-0.3, -0.25) is 4.79 Å². The Kier molecular flexibility index (Phi) is 6.74. The molecule has 0 aliphatic heterocycles. The summed E-state index contributed by atoms with van der Waals surface area (Å²) in [6.45, 7) is 2.73. The van der Waals surface area contributed by atoms with Gasteiger partial charge in [0, 0.05) is 29.7 Å². The van der Waals surface area contributed by atoms with E-state index < -0.39 is 0 Å². The quantitative estimate of drug-likeness (QED) is 0.728. The molecule has 1 rings (SSSR count). The molecule has 1 atom stereocenters. The van der Waals surface area contributed by atoms with E-state index in [4.69, 9.17) is 0 Å². The lowest BCUT2D eigenvalue weighted by Gasteiger charge is -2.11. The van der Waals surface area contributed by atoms with E-state index in [9.17, 15) is 4.79 Å². The third-order valence-corrected chi connectivity index (χ3v) is 3.45. The molecule has 0 spiro atoms. The zero-order valence-electron chi connectivity index (χ0n) is 10.4. The molecule has 94 valence electrons. The number of nitrogens with one attached hydrogen (secondary N) is 2. The summed E-state index contributed by atoms with van der Waals surface area (Å²) in [6.07, 6.45) is 0.565. The Morgan fingerprint density at radius 3 is 2.71 bits per heavy atom. The van der Waals surface area contributed by atoms with Crippen LogP contribution < -0.4 is 10.6 Å². The molecule has 0 fully saturated rings. The van der Waals surface area contributed by atoms with Crippen LogP contribution in [0.15, 0.2) is 35.2 Å². The van der Waals surface area contributed by atoms with Crippen molar-refractivity contribution in [3.8, 4) is 0 Å². The summed E-state index contributed by atoms with van der Waals surface area (Å²) in [5.41, 5.74) is 0. The van der Waals surface area contributed by atoms with Crippen LogP contribution in [0.4, 0.5) is 0 Å². The highest BCUT2D eigenvalue weighted by Crippen LogP contribution is 2.17. The van der Waals surface area contributed by atoms with Gasteiger partial charge >= 0.3 is 0 Å². The minimum absolute atomic E-state index is 0.121. The molecule has 0 saturated carbocycles. The predicted molar refractivity (Wildman–Crippen MR) is 73.3 cm³/mol. The summed E-state index contributed by atoms with van der Waals surface area (Å²) < 4.78 is 0. The van der Waals surface area contributed by atoms with Gasteiger partial charge in [0.2, 0.25) is 5.91 Å². The van der Waals surface area contributed by atoms with Gasteiger partial charge in [-0.05, 0) is 26.1 Å². The minimum atomic E-state index is 0.121. The van der Waals surface area contributed by atoms with E-state index >= 15 is 0 Å². The first-order chi connectivity index (χ1) is 8.22. The average molecular weight is 252 g/mol. The largest absolute Gasteiger partial charge is 0.355 e. The second kappa shape index (κ2) is 8.14. The Hall–Kier alpha value is -1.00. The van der Waals surface area contributed by atoms with Crippen molar-refractivity contribution >= 4 is 17.7 Å². The van der Waals surface area contributed by atoms with Crippen molar-refractivity contribution in [2.45, 2.75) is 24.3 Å². The van der Waals surface area contributed by atoms with Crippen LogP contribution in [0.5, 0.6) is 0 Å². The number of likely N-dealkylation sites (N-methyl/N-ethyl adjacent to an activating group) is 1. The average Bonchev–Trinajstić information content (AvgIpc) is 2.37. The maximum Gasteiger partial charge on any atom is 0.220 e. The topological polar surface area (TPSA) is 41.1 Å². The van der Waals surface area contributed by atoms with E-state index in [-0.39, 0.29) is 5.91 Å². The summed E-state index contributed by atoms with van der Waals surface area (Å²) in [4.78, 5) is 12.7. The summed E-state index contributed by atoms with van der Waals surface area (Å²) in [5.74, 6) is 0.944. The molecule has 1 unspecified atom stereocenters. The van der Waals surface area contributed by atoms with E-state index in [1.807, 2.05) is 32.2 Å². The number of benzene rings is 1. The fourth-order valence-electron chi connectivity index (χ4n) is 1.24.